The predicted molar refractivity (Wildman–Crippen MR) is 90.9 cm³/mol. The number of hydrogen-bond acceptors (Lipinski definition) is 4. The lowest BCUT2D eigenvalue weighted by atomic mass is 10.1. The van der Waals surface area contributed by atoms with Gasteiger partial charge in [0.2, 0.25) is 0 Å². The van der Waals surface area contributed by atoms with Crippen molar-refractivity contribution in [2.45, 2.75) is 6.92 Å². The number of nitrogens with one attached hydrogen (secondary N) is 1. The minimum atomic E-state index is -0.444. The van der Waals surface area contributed by atoms with Gasteiger partial charge in [0, 0.05) is 17.1 Å². The van der Waals surface area contributed by atoms with Crippen LogP contribution in [0.1, 0.15) is 27.6 Å². The molecule has 6 heteroatoms. The van der Waals surface area contributed by atoms with Gasteiger partial charge in [0.15, 0.2) is 0 Å². The Labute approximate surface area is 138 Å². The lowest BCUT2D eigenvalue weighted by Crippen LogP contribution is -2.29. The van der Waals surface area contributed by atoms with Crippen molar-refractivity contribution < 1.29 is 14.3 Å². The highest BCUT2D eigenvalue weighted by Gasteiger charge is 2.18. The number of benzene rings is 2. The Kier molecular flexibility index (Phi) is 4.31. The molecule has 0 spiro atoms. The third-order valence-electron chi connectivity index (χ3n) is 3.70. The van der Waals surface area contributed by atoms with Gasteiger partial charge in [-0.3, -0.25) is 19.6 Å². The maximum absolute atomic E-state index is 12.9. The molecule has 1 heterocycles. The fourth-order valence-corrected chi connectivity index (χ4v) is 2.63. The topological polar surface area (TPSA) is 86.3 Å². The molecule has 0 bridgehead atoms. The second-order valence-electron chi connectivity index (χ2n) is 5.17. The van der Waals surface area contributed by atoms with E-state index in [1.165, 1.54) is 10.8 Å². The molecule has 0 saturated carbocycles. The molecule has 1 aromatic heterocycles. The molecule has 6 nitrogen and oxygen atoms in total. The minimum Gasteiger partial charge on any atom is -0.494 e. The SMILES string of the molecule is CCOc1cccc(C(=O)n2cc(C(=O)NN)c3ccccc32)c1. The van der Waals surface area contributed by atoms with Gasteiger partial charge in [0.1, 0.15) is 5.75 Å². The molecule has 0 fully saturated rings. The molecule has 122 valence electrons. The number of hydrogen-bond donors (Lipinski definition) is 2. The third-order valence-corrected chi connectivity index (χ3v) is 3.70. The van der Waals surface area contributed by atoms with Crippen LogP contribution in [0.4, 0.5) is 0 Å². The molecule has 3 aromatic rings. The van der Waals surface area contributed by atoms with Gasteiger partial charge < -0.3 is 4.74 Å². The van der Waals surface area contributed by atoms with Crippen molar-refractivity contribution in [3.05, 3.63) is 65.9 Å². The zero-order valence-corrected chi connectivity index (χ0v) is 13.2. The van der Waals surface area contributed by atoms with E-state index in [9.17, 15) is 9.59 Å². The Morgan fingerprint density at radius 1 is 1.17 bits per heavy atom. The van der Waals surface area contributed by atoms with E-state index >= 15 is 0 Å². The molecule has 3 N–H and O–H groups in total. The normalized spacial score (nSPS) is 10.6. The smallest absolute Gasteiger partial charge is 0.267 e. The summed E-state index contributed by atoms with van der Waals surface area (Å²) >= 11 is 0. The highest BCUT2D eigenvalue weighted by atomic mass is 16.5. The number of fused-ring (bicyclic) bond motifs is 1. The van der Waals surface area contributed by atoms with Crippen LogP contribution in [-0.4, -0.2) is 23.0 Å². The Bertz CT molecular complexity index is 915. The highest BCUT2D eigenvalue weighted by molar-refractivity contribution is 6.11. The summed E-state index contributed by atoms with van der Waals surface area (Å²) in [4.78, 5) is 24.8. The van der Waals surface area contributed by atoms with Crippen LogP contribution < -0.4 is 16.0 Å². The van der Waals surface area contributed by atoms with Gasteiger partial charge in [0.05, 0.1) is 17.7 Å². The standard InChI is InChI=1S/C18H17N3O3/c1-2-24-13-7-5-6-12(10-13)18(23)21-11-15(17(22)20-19)14-8-3-4-9-16(14)21/h3-11H,2,19H2,1H3,(H,20,22). The second-order valence-corrected chi connectivity index (χ2v) is 5.17. The number of ether oxygens (including phenoxy) is 1. The zero-order valence-electron chi connectivity index (χ0n) is 13.2. The van der Waals surface area contributed by atoms with Crippen molar-refractivity contribution in [2.75, 3.05) is 6.61 Å². The van der Waals surface area contributed by atoms with E-state index in [1.54, 1.807) is 42.5 Å². The molecule has 24 heavy (non-hydrogen) atoms. The monoisotopic (exact) mass is 323 g/mol. The molecule has 0 atom stereocenters. The summed E-state index contributed by atoms with van der Waals surface area (Å²) in [6, 6.07) is 14.1. The molecule has 0 aliphatic carbocycles. The summed E-state index contributed by atoms with van der Waals surface area (Å²) in [5.74, 6) is 5.17. The quantitative estimate of drug-likeness (QED) is 0.438. The van der Waals surface area contributed by atoms with Crippen molar-refractivity contribution >= 4 is 22.7 Å². The first-order valence-electron chi connectivity index (χ1n) is 7.54. The second kappa shape index (κ2) is 6.55. The van der Waals surface area contributed by atoms with E-state index in [2.05, 4.69) is 5.43 Å². The van der Waals surface area contributed by atoms with Crippen LogP contribution in [0.5, 0.6) is 5.75 Å². The average Bonchev–Trinajstić information content (AvgIpc) is 3.01. The fraction of sp³-hybridized carbons (Fsp3) is 0.111. The van der Waals surface area contributed by atoms with Gasteiger partial charge in [-0.1, -0.05) is 24.3 Å². The largest absolute Gasteiger partial charge is 0.494 e. The molecule has 2 aromatic carbocycles. The summed E-state index contributed by atoms with van der Waals surface area (Å²) in [6.45, 7) is 2.40. The maximum atomic E-state index is 12.9. The van der Waals surface area contributed by atoms with Crippen LogP contribution >= 0.6 is 0 Å². The number of rotatable bonds is 4. The molecule has 0 aliphatic heterocycles. The fourth-order valence-electron chi connectivity index (χ4n) is 2.63. The number of carbonyl (C=O) groups excluding carboxylic acids is 2. The molecule has 1 amide bonds. The average molecular weight is 323 g/mol. The van der Waals surface area contributed by atoms with E-state index < -0.39 is 5.91 Å². The van der Waals surface area contributed by atoms with Gasteiger partial charge in [-0.15, -0.1) is 0 Å². The van der Waals surface area contributed by atoms with Crippen LogP contribution in [0.3, 0.4) is 0 Å². The van der Waals surface area contributed by atoms with Crippen LogP contribution in [-0.2, 0) is 0 Å². The Balaban J connectivity index is 2.10. The highest BCUT2D eigenvalue weighted by Crippen LogP contribution is 2.23. The number of nitrogen functional groups attached to an aromatic ring is 1. The number of para-hydroxylation sites is 1. The number of amides is 1. The van der Waals surface area contributed by atoms with E-state index in [-0.39, 0.29) is 5.91 Å². The molecular formula is C18H17N3O3. The summed E-state index contributed by atoms with van der Waals surface area (Å²) in [6.07, 6.45) is 1.50. The lowest BCUT2D eigenvalue weighted by molar-refractivity contribution is 0.0955. The van der Waals surface area contributed by atoms with Crippen LogP contribution in [0.15, 0.2) is 54.7 Å². The van der Waals surface area contributed by atoms with Gasteiger partial charge in [0.25, 0.3) is 11.8 Å². The van der Waals surface area contributed by atoms with Crippen molar-refractivity contribution in [1.29, 1.82) is 0 Å². The molecule has 0 aliphatic rings. The predicted octanol–water partition coefficient (Wildman–Crippen LogP) is 2.33. The van der Waals surface area contributed by atoms with Gasteiger partial charge in [-0.25, -0.2) is 5.84 Å². The van der Waals surface area contributed by atoms with Crippen molar-refractivity contribution in [3.8, 4) is 5.75 Å². The Morgan fingerprint density at radius 3 is 2.71 bits per heavy atom. The molecule has 3 rings (SSSR count). The summed E-state index contributed by atoms with van der Waals surface area (Å²) in [5, 5.41) is 0.662. The minimum absolute atomic E-state index is 0.246. The van der Waals surface area contributed by atoms with Crippen LogP contribution in [0, 0.1) is 0 Å². The first-order valence-corrected chi connectivity index (χ1v) is 7.54. The van der Waals surface area contributed by atoms with Gasteiger partial charge >= 0.3 is 0 Å². The molecule has 0 unspecified atom stereocenters. The molecular weight excluding hydrogens is 306 g/mol. The summed E-state index contributed by atoms with van der Waals surface area (Å²) in [5.41, 5.74) is 3.57. The van der Waals surface area contributed by atoms with E-state index in [0.29, 0.717) is 34.4 Å². The van der Waals surface area contributed by atoms with Crippen molar-refractivity contribution in [1.82, 2.24) is 9.99 Å². The summed E-state index contributed by atoms with van der Waals surface area (Å²) < 4.78 is 6.89. The van der Waals surface area contributed by atoms with Gasteiger partial charge in [-0.2, -0.15) is 0 Å². The molecule has 0 radical (unpaired) electrons. The van der Waals surface area contributed by atoms with Crippen molar-refractivity contribution in [2.24, 2.45) is 5.84 Å². The Morgan fingerprint density at radius 2 is 1.96 bits per heavy atom. The van der Waals surface area contributed by atoms with E-state index in [4.69, 9.17) is 10.6 Å². The first-order chi connectivity index (χ1) is 11.7. The summed E-state index contributed by atoms with van der Waals surface area (Å²) in [7, 11) is 0. The van der Waals surface area contributed by atoms with E-state index in [0.717, 1.165) is 0 Å². The number of carbonyl (C=O) groups is 2. The lowest BCUT2D eigenvalue weighted by Gasteiger charge is -2.07. The van der Waals surface area contributed by atoms with Gasteiger partial charge in [-0.05, 0) is 31.2 Å². The van der Waals surface area contributed by atoms with Crippen LogP contribution in [0.25, 0.3) is 10.9 Å². The third kappa shape index (κ3) is 2.75. The zero-order chi connectivity index (χ0) is 17.1. The number of aromatic nitrogens is 1. The first kappa shape index (κ1) is 15.8. The van der Waals surface area contributed by atoms with Crippen LogP contribution in [0.2, 0.25) is 0 Å². The van der Waals surface area contributed by atoms with Crippen molar-refractivity contribution in [3.63, 3.8) is 0 Å². The molecule has 0 saturated heterocycles. The van der Waals surface area contributed by atoms with E-state index in [1.807, 2.05) is 13.0 Å². The maximum Gasteiger partial charge on any atom is 0.267 e. The number of nitrogens with two attached hydrogens (primary N) is 1. The number of nitrogens with zero attached hydrogens (tertiary/aromatic N) is 1. The Hall–Kier alpha value is -3.12. The number of hydrazine groups is 1.